The summed E-state index contributed by atoms with van der Waals surface area (Å²) in [5.41, 5.74) is 0.275. The first-order valence-corrected chi connectivity index (χ1v) is 13.6. The van der Waals surface area contributed by atoms with E-state index >= 15 is 0 Å². The van der Waals surface area contributed by atoms with E-state index in [9.17, 15) is 18.0 Å². The number of rotatable bonds is 6. The van der Waals surface area contributed by atoms with Gasteiger partial charge < -0.3 is 10.3 Å². The Labute approximate surface area is 228 Å². The van der Waals surface area contributed by atoms with Crippen molar-refractivity contribution in [1.82, 2.24) is 25.0 Å². The van der Waals surface area contributed by atoms with Crippen molar-refractivity contribution in [3.8, 4) is 0 Å². The van der Waals surface area contributed by atoms with Gasteiger partial charge in [-0.3, -0.25) is 19.7 Å². The quantitative estimate of drug-likeness (QED) is 0.331. The van der Waals surface area contributed by atoms with Crippen molar-refractivity contribution in [2.24, 2.45) is 0 Å². The Morgan fingerprint density at radius 3 is 2.15 bits per heavy atom. The fraction of sp³-hybridized carbons (Fsp3) is 0.586. The summed E-state index contributed by atoms with van der Waals surface area (Å²) in [4.78, 5) is 18.2. The number of piperidine rings is 1. The van der Waals surface area contributed by atoms with Crippen molar-refractivity contribution in [1.29, 1.82) is 0 Å². The van der Waals surface area contributed by atoms with Crippen LogP contribution in [0, 0.1) is 0 Å². The van der Waals surface area contributed by atoms with Gasteiger partial charge >= 0.3 is 6.18 Å². The average Bonchev–Trinajstić information content (AvgIpc) is 3.21. The Morgan fingerprint density at radius 1 is 1.03 bits per heavy atom. The van der Waals surface area contributed by atoms with Gasteiger partial charge in [-0.05, 0) is 84.6 Å². The van der Waals surface area contributed by atoms with Crippen LogP contribution in [-0.2, 0) is 5.54 Å². The van der Waals surface area contributed by atoms with E-state index in [-0.39, 0.29) is 22.2 Å². The summed E-state index contributed by atoms with van der Waals surface area (Å²) >= 11 is 0. The highest BCUT2D eigenvalue weighted by Crippen LogP contribution is 2.39. The molecule has 214 valence electrons. The van der Waals surface area contributed by atoms with E-state index < -0.39 is 17.8 Å². The highest BCUT2D eigenvalue weighted by molar-refractivity contribution is 5.91. The monoisotopic (exact) mass is 546 g/mol. The molecule has 3 N–H and O–H groups in total. The Morgan fingerprint density at radius 2 is 1.64 bits per heavy atom. The van der Waals surface area contributed by atoms with Crippen LogP contribution < -0.4 is 16.2 Å². The van der Waals surface area contributed by atoms with Crippen molar-refractivity contribution >= 4 is 22.4 Å². The number of alkyl halides is 3. The summed E-state index contributed by atoms with van der Waals surface area (Å²) in [6.45, 7) is 15.8. The lowest BCUT2D eigenvalue weighted by Gasteiger charge is -2.46. The number of benzene rings is 1. The Bertz CT molecular complexity index is 1340. The van der Waals surface area contributed by atoms with Crippen LogP contribution in [0.5, 0.6) is 0 Å². The molecule has 3 heterocycles. The van der Waals surface area contributed by atoms with E-state index in [2.05, 4.69) is 48.2 Å². The molecule has 1 aromatic carbocycles. The molecule has 4 rings (SSSR count). The molecule has 0 unspecified atom stereocenters. The molecule has 0 amide bonds. The predicted octanol–water partition coefficient (Wildman–Crippen LogP) is 6.46. The molecule has 0 bridgehead atoms. The number of hydrogen-bond donors (Lipinski definition) is 3. The predicted molar refractivity (Wildman–Crippen MR) is 151 cm³/mol. The number of halogens is 3. The molecule has 0 aliphatic carbocycles. The van der Waals surface area contributed by atoms with Crippen LogP contribution in [0.4, 0.5) is 24.7 Å². The number of H-pyrrole nitrogens is 1. The molecule has 39 heavy (non-hydrogen) atoms. The molecule has 10 heteroatoms. The lowest BCUT2D eigenvalue weighted by Crippen LogP contribution is -2.52. The number of aromatic amines is 1. The normalized spacial score (nSPS) is 17.9. The molecular formula is C29H41F3N6O. The molecule has 0 spiro atoms. The second-order valence-corrected chi connectivity index (χ2v) is 12.7. The molecule has 1 aliphatic heterocycles. The average molecular weight is 547 g/mol. The minimum Gasteiger partial charge on any atom is -0.338 e. The third-order valence-corrected chi connectivity index (χ3v) is 7.77. The molecule has 1 atom stereocenters. The summed E-state index contributed by atoms with van der Waals surface area (Å²) in [7, 11) is 0. The largest absolute Gasteiger partial charge is 0.407 e. The molecule has 1 fully saturated rings. The molecule has 2 aromatic heterocycles. The summed E-state index contributed by atoms with van der Waals surface area (Å²) in [5.74, 6) is 0.394. The van der Waals surface area contributed by atoms with Crippen LogP contribution >= 0.6 is 0 Å². The minimum atomic E-state index is -4.44. The fourth-order valence-electron chi connectivity index (χ4n) is 5.52. The van der Waals surface area contributed by atoms with Gasteiger partial charge in [0.05, 0.1) is 11.1 Å². The first-order valence-electron chi connectivity index (χ1n) is 13.6. The third-order valence-electron chi connectivity index (χ3n) is 7.77. The topological polar surface area (TPSA) is 78.0 Å². The van der Waals surface area contributed by atoms with Crippen molar-refractivity contribution in [2.75, 3.05) is 18.4 Å². The van der Waals surface area contributed by atoms with E-state index in [1.807, 2.05) is 10.7 Å². The van der Waals surface area contributed by atoms with Crippen molar-refractivity contribution < 1.29 is 13.2 Å². The SMILES string of the molecule is CCC1(n2nc(Nc3ccc([C@@H](NC(C)(C)C)C(F)(F)F)cc3)c3c(=O)[nH]ccc32)CCN(C(C)(C)C)CC1. The van der Waals surface area contributed by atoms with Gasteiger partial charge in [-0.1, -0.05) is 19.1 Å². The van der Waals surface area contributed by atoms with Gasteiger partial charge in [-0.25, -0.2) is 0 Å². The van der Waals surface area contributed by atoms with Crippen LogP contribution in [0.25, 0.3) is 10.9 Å². The molecular weight excluding hydrogens is 505 g/mol. The maximum absolute atomic E-state index is 13.8. The Balaban J connectivity index is 1.67. The Hall–Kier alpha value is -2.85. The summed E-state index contributed by atoms with van der Waals surface area (Å²) in [5, 5.41) is 11.2. The van der Waals surface area contributed by atoms with Crippen LogP contribution in [0.1, 0.15) is 79.3 Å². The number of nitrogens with zero attached hydrogens (tertiary/aromatic N) is 3. The number of hydrogen-bond acceptors (Lipinski definition) is 5. The fourth-order valence-corrected chi connectivity index (χ4v) is 5.52. The van der Waals surface area contributed by atoms with E-state index in [1.54, 1.807) is 39.1 Å². The number of anilines is 2. The Kier molecular flexibility index (Phi) is 7.68. The summed E-state index contributed by atoms with van der Waals surface area (Å²) in [6, 6.07) is 6.18. The molecule has 1 saturated heterocycles. The van der Waals surface area contributed by atoms with Gasteiger partial charge in [0.2, 0.25) is 0 Å². The summed E-state index contributed by atoms with van der Waals surface area (Å²) in [6.07, 6.45) is -0.144. The second-order valence-electron chi connectivity index (χ2n) is 12.7. The van der Waals surface area contributed by atoms with Crippen molar-refractivity contribution in [3.63, 3.8) is 0 Å². The number of pyridine rings is 1. The lowest BCUT2D eigenvalue weighted by atomic mass is 9.83. The lowest BCUT2D eigenvalue weighted by molar-refractivity contribution is -0.161. The zero-order valence-corrected chi connectivity index (χ0v) is 24.0. The standard InChI is InChI=1S/C29H41F3N6O/c1-8-28(14-17-37(18-15-28)27(5,6)7)38-21-13-16-33-25(39)22(21)24(36-38)34-20-11-9-19(10-12-20)23(29(30,31)32)35-26(2,3)4/h9-13,16,23,35H,8,14-15,17-18H2,1-7H3,(H,33,39)(H,34,36)/t23-/m1/s1. The van der Waals surface area contributed by atoms with Gasteiger partial charge in [0.15, 0.2) is 5.82 Å². The van der Waals surface area contributed by atoms with Gasteiger partial charge in [0.1, 0.15) is 11.4 Å². The minimum absolute atomic E-state index is 0.0790. The number of aromatic nitrogens is 3. The molecule has 3 aromatic rings. The van der Waals surface area contributed by atoms with Crippen LogP contribution in [-0.4, -0.2) is 50.0 Å². The zero-order valence-electron chi connectivity index (χ0n) is 24.0. The van der Waals surface area contributed by atoms with Gasteiger partial charge in [-0.15, -0.1) is 0 Å². The van der Waals surface area contributed by atoms with Gasteiger partial charge in [0.25, 0.3) is 5.56 Å². The maximum Gasteiger partial charge on any atom is 0.407 e. The number of fused-ring (bicyclic) bond motifs is 1. The number of likely N-dealkylation sites (tertiary alicyclic amines) is 1. The molecule has 1 aliphatic rings. The first-order chi connectivity index (χ1) is 18.0. The molecule has 7 nitrogen and oxygen atoms in total. The first kappa shape index (κ1) is 29.1. The van der Waals surface area contributed by atoms with Crippen LogP contribution in [0.3, 0.4) is 0 Å². The highest BCUT2D eigenvalue weighted by atomic mass is 19.4. The van der Waals surface area contributed by atoms with E-state index in [0.29, 0.717) is 16.9 Å². The van der Waals surface area contributed by atoms with E-state index in [4.69, 9.17) is 5.10 Å². The van der Waals surface area contributed by atoms with Crippen LogP contribution in [0.15, 0.2) is 41.3 Å². The highest BCUT2D eigenvalue weighted by Gasteiger charge is 2.43. The molecule has 0 saturated carbocycles. The van der Waals surface area contributed by atoms with Crippen LogP contribution in [0.2, 0.25) is 0 Å². The maximum atomic E-state index is 13.8. The second kappa shape index (κ2) is 10.3. The van der Waals surface area contributed by atoms with E-state index in [0.717, 1.165) is 37.9 Å². The zero-order chi connectivity index (χ0) is 28.8. The van der Waals surface area contributed by atoms with Gasteiger partial charge in [-0.2, -0.15) is 18.3 Å². The molecule has 0 radical (unpaired) electrons. The van der Waals surface area contributed by atoms with Crippen molar-refractivity contribution in [3.05, 3.63) is 52.4 Å². The van der Waals surface area contributed by atoms with Gasteiger partial charge in [0, 0.05) is 36.1 Å². The smallest absolute Gasteiger partial charge is 0.338 e. The number of nitrogens with one attached hydrogen (secondary N) is 3. The summed E-state index contributed by atoms with van der Waals surface area (Å²) < 4.78 is 43.4. The third kappa shape index (κ3) is 6.17. The van der Waals surface area contributed by atoms with E-state index in [1.165, 1.54) is 12.1 Å². The van der Waals surface area contributed by atoms with Crippen molar-refractivity contribution in [2.45, 2.75) is 96.6 Å².